The van der Waals surface area contributed by atoms with E-state index >= 15 is 0 Å². The summed E-state index contributed by atoms with van der Waals surface area (Å²) in [5.74, 6) is 0. The summed E-state index contributed by atoms with van der Waals surface area (Å²) in [4.78, 5) is 0. The number of nitrogens with one attached hydrogen (secondary N) is 1. The molecule has 0 unspecified atom stereocenters. The lowest BCUT2D eigenvalue weighted by Crippen LogP contribution is -2.48. The van der Waals surface area contributed by atoms with Crippen molar-refractivity contribution in [2.45, 2.75) is 44.2 Å². The summed E-state index contributed by atoms with van der Waals surface area (Å²) in [6, 6.07) is 2.21. The highest BCUT2D eigenvalue weighted by Crippen LogP contribution is 2.41. The average molecular weight is 354 g/mol. The van der Waals surface area contributed by atoms with Crippen LogP contribution in [0.2, 0.25) is 0 Å². The normalized spacial score (nSPS) is 26.2. The van der Waals surface area contributed by atoms with Crippen LogP contribution in [-0.2, 0) is 12.8 Å². The van der Waals surface area contributed by atoms with Crippen LogP contribution < -0.4 is 5.32 Å². The van der Waals surface area contributed by atoms with Gasteiger partial charge >= 0.3 is 6.18 Å². The third-order valence-corrected chi connectivity index (χ3v) is 3.84. The molecule has 3 nitrogen and oxygen atoms in total. The van der Waals surface area contributed by atoms with E-state index in [0.717, 1.165) is 6.07 Å². The predicted octanol–water partition coefficient (Wildman–Crippen LogP) is 3.29. The van der Waals surface area contributed by atoms with E-state index in [-0.39, 0.29) is 21.8 Å². The van der Waals surface area contributed by atoms with Crippen LogP contribution in [0.1, 0.15) is 30.9 Å². The Morgan fingerprint density at radius 3 is 2.45 bits per heavy atom. The molecule has 7 heteroatoms. The fourth-order valence-corrected chi connectivity index (χ4v) is 3.00. The molecule has 0 aromatic heterocycles. The second kappa shape index (κ2) is 5.20. The van der Waals surface area contributed by atoms with Crippen molar-refractivity contribution in [1.82, 2.24) is 0 Å². The van der Waals surface area contributed by atoms with E-state index in [1.54, 1.807) is 6.92 Å². The number of hydrogen-bond acceptors (Lipinski definition) is 3. The fourth-order valence-electron chi connectivity index (χ4n) is 2.49. The zero-order valence-corrected chi connectivity index (χ0v) is 12.3. The molecule has 1 aliphatic rings. The summed E-state index contributed by atoms with van der Waals surface area (Å²) >= 11 is 3.02. The summed E-state index contributed by atoms with van der Waals surface area (Å²) in [6.45, 7) is 1.15. The minimum absolute atomic E-state index is 0.108. The number of hydrogen-bond donors (Lipinski definition) is 3. The Kier molecular flexibility index (Phi) is 4.05. The Morgan fingerprint density at radius 2 is 2.00 bits per heavy atom. The molecule has 0 aliphatic heterocycles. The standard InChI is InChI=1S/C13H15BrF3NO2/c1-12(20)4-9(5-12)18-11-7(6-19)2-8(14)3-10(11)13(15,16)17/h2-3,9,18-20H,4-6H2,1H3. The monoisotopic (exact) mass is 353 g/mol. The van der Waals surface area contributed by atoms with E-state index in [1.165, 1.54) is 6.07 Å². The van der Waals surface area contributed by atoms with Crippen LogP contribution in [0.4, 0.5) is 18.9 Å². The molecule has 20 heavy (non-hydrogen) atoms. The molecule has 0 saturated heterocycles. The third-order valence-electron chi connectivity index (χ3n) is 3.38. The van der Waals surface area contributed by atoms with E-state index in [4.69, 9.17) is 0 Å². The number of anilines is 1. The predicted molar refractivity (Wildman–Crippen MR) is 72.3 cm³/mol. The highest BCUT2D eigenvalue weighted by molar-refractivity contribution is 9.10. The van der Waals surface area contributed by atoms with Gasteiger partial charge in [0.15, 0.2) is 0 Å². The molecule has 0 amide bonds. The lowest BCUT2D eigenvalue weighted by molar-refractivity contribution is -0.137. The lowest BCUT2D eigenvalue weighted by Gasteiger charge is -2.42. The molecule has 1 fully saturated rings. The van der Waals surface area contributed by atoms with Gasteiger partial charge in [0.1, 0.15) is 0 Å². The van der Waals surface area contributed by atoms with Gasteiger partial charge in [0.2, 0.25) is 0 Å². The third kappa shape index (κ3) is 3.27. The van der Waals surface area contributed by atoms with Crippen molar-refractivity contribution < 1.29 is 23.4 Å². The first-order valence-electron chi connectivity index (χ1n) is 6.12. The molecule has 1 aliphatic carbocycles. The Morgan fingerprint density at radius 1 is 1.40 bits per heavy atom. The van der Waals surface area contributed by atoms with E-state index in [1.807, 2.05) is 0 Å². The molecule has 1 saturated carbocycles. The van der Waals surface area contributed by atoms with Crippen LogP contribution in [-0.4, -0.2) is 21.9 Å². The number of aliphatic hydroxyl groups is 2. The first-order valence-corrected chi connectivity index (χ1v) is 6.91. The van der Waals surface area contributed by atoms with Gasteiger partial charge in [-0.25, -0.2) is 0 Å². The highest BCUT2D eigenvalue weighted by atomic mass is 79.9. The molecule has 0 heterocycles. The summed E-state index contributed by atoms with van der Waals surface area (Å²) < 4.78 is 39.5. The second-order valence-corrected chi connectivity index (χ2v) is 6.31. The maximum Gasteiger partial charge on any atom is 0.418 e. The van der Waals surface area contributed by atoms with E-state index in [2.05, 4.69) is 21.2 Å². The summed E-state index contributed by atoms with van der Waals surface area (Å²) in [7, 11) is 0. The van der Waals surface area contributed by atoms with E-state index in [0.29, 0.717) is 12.8 Å². The minimum Gasteiger partial charge on any atom is -0.392 e. The topological polar surface area (TPSA) is 52.5 Å². The second-order valence-electron chi connectivity index (χ2n) is 5.39. The first-order chi connectivity index (χ1) is 9.12. The van der Waals surface area contributed by atoms with Gasteiger partial charge in [0.25, 0.3) is 0 Å². The van der Waals surface area contributed by atoms with Crippen molar-refractivity contribution in [2.75, 3.05) is 5.32 Å². The molecule has 0 atom stereocenters. The van der Waals surface area contributed by atoms with Crippen molar-refractivity contribution >= 4 is 21.6 Å². The molecule has 0 radical (unpaired) electrons. The van der Waals surface area contributed by atoms with Crippen LogP contribution in [0.3, 0.4) is 0 Å². The molecule has 1 aromatic carbocycles. The van der Waals surface area contributed by atoms with Gasteiger partial charge in [0, 0.05) is 16.1 Å². The average Bonchev–Trinajstić information content (AvgIpc) is 2.26. The van der Waals surface area contributed by atoms with Crippen molar-refractivity contribution in [1.29, 1.82) is 0 Å². The minimum atomic E-state index is -4.51. The maximum absolute atomic E-state index is 13.1. The smallest absolute Gasteiger partial charge is 0.392 e. The van der Waals surface area contributed by atoms with Crippen LogP contribution >= 0.6 is 15.9 Å². The Hall–Kier alpha value is -0.790. The number of aliphatic hydroxyl groups excluding tert-OH is 1. The molecule has 3 N–H and O–H groups in total. The van der Waals surface area contributed by atoms with Gasteiger partial charge in [-0.2, -0.15) is 13.2 Å². The molecule has 112 valence electrons. The largest absolute Gasteiger partial charge is 0.418 e. The van der Waals surface area contributed by atoms with Crippen LogP contribution in [0.15, 0.2) is 16.6 Å². The van der Waals surface area contributed by atoms with Crippen molar-refractivity contribution in [3.63, 3.8) is 0 Å². The van der Waals surface area contributed by atoms with Crippen molar-refractivity contribution in [2.24, 2.45) is 0 Å². The summed E-state index contributed by atoms with van der Waals surface area (Å²) in [6.07, 6.45) is -3.75. The summed E-state index contributed by atoms with van der Waals surface area (Å²) in [5.41, 5.74) is -1.57. The van der Waals surface area contributed by atoms with Gasteiger partial charge in [-0.05, 0) is 31.9 Å². The van der Waals surface area contributed by atoms with Gasteiger partial charge in [-0.15, -0.1) is 0 Å². The zero-order valence-electron chi connectivity index (χ0n) is 10.8. The fraction of sp³-hybridized carbons (Fsp3) is 0.538. The Bertz CT molecular complexity index is 509. The zero-order chi connectivity index (χ0) is 15.1. The highest BCUT2D eigenvalue weighted by Gasteiger charge is 2.41. The molecular formula is C13H15BrF3NO2. The van der Waals surface area contributed by atoms with Gasteiger partial charge in [0.05, 0.1) is 23.5 Å². The molecule has 0 bridgehead atoms. The Labute approximate surface area is 122 Å². The van der Waals surface area contributed by atoms with Crippen LogP contribution in [0.25, 0.3) is 0 Å². The molecule has 2 rings (SSSR count). The number of rotatable bonds is 3. The number of alkyl halides is 3. The van der Waals surface area contributed by atoms with Gasteiger partial charge < -0.3 is 15.5 Å². The molecule has 1 aromatic rings. The van der Waals surface area contributed by atoms with Crippen molar-refractivity contribution in [3.8, 4) is 0 Å². The van der Waals surface area contributed by atoms with Gasteiger partial charge in [-0.1, -0.05) is 15.9 Å². The Balaban J connectivity index is 2.34. The lowest BCUT2D eigenvalue weighted by atomic mass is 9.77. The van der Waals surface area contributed by atoms with Gasteiger partial charge in [-0.3, -0.25) is 0 Å². The van der Waals surface area contributed by atoms with E-state index in [9.17, 15) is 23.4 Å². The van der Waals surface area contributed by atoms with Crippen LogP contribution in [0, 0.1) is 0 Å². The van der Waals surface area contributed by atoms with Crippen molar-refractivity contribution in [3.05, 3.63) is 27.7 Å². The SMILES string of the molecule is CC1(O)CC(Nc2c(CO)cc(Br)cc2C(F)(F)F)C1. The number of halogens is 4. The maximum atomic E-state index is 13.1. The van der Waals surface area contributed by atoms with E-state index < -0.39 is 23.9 Å². The quantitative estimate of drug-likeness (QED) is 0.781. The van der Waals surface area contributed by atoms with Crippen LogP contribution in [0.5, 0.6) is 0 Å². The summed E-state index contributed by atoms with van der Waals surface area (Å²) in [5, 5.41) is 21.7. The molecule has 0 spiro atoms. The first kappa shape index (κ1) is 15.6. The molecular weight excluding hydrogens is 339 g/mol. The number of benzene rings is 1.